The van der Waals surface area contributed by atoms with E-state index in [1.54, 1.807) is 48.5 Å². The Hall–Kier alpha value is -1.70. The topological polar surface area (TPSA) is 61.8 Å². The van der Waals surface area contributed by atoms with Crippen LogP contribution in [0.15, 0.2) is 60.7 Å². The number of alkyl halides is 2. The van der Waals surface area contributed by atoms with Crippen molar-refractivity contribution in [2.75, 3.05) is 6.61 Å². The highest BCUT2D eigenvalue weighted by molar-refractivity contribution is 9.12. The van der Waals surface area contributed by atoms with Gasteiger partial charge in [-0.3, -0.25) is 0 Å². The number of benzene rings is 2. The van der Waals surface area contributed by atoms with E-state index in [2.05, 4.69) is 31.9 Å². The third kappa shape index (κ3) is 4.52. The average molecular weight is 484 g/mol. The van der Waals surface area contributed by atoms with Crippen LogP contribution in [0.3, 0.4) is 0 Å². The highest BCUT2D eigenvalue weighted by atomic mass is 79.9. The summed E-state index contributed by atoms with van der Waals surface area (Å²) in [6.45, 7) is -0.0232. The second-order valence-electron chi connectivity index (χ2n) is 5.67. The van der Waals surface area contributed by atoms with E-state index < -0.39 is 24.1 Å². The summed E-state index contributed by atoms with van der Waals surface area (Å²) < 4.78 is 16.7. The lowest BCUT2D eigenvalue weighted by atomic mass is 10.2. The van der Waals surface area contributed by atoms with E-state index in [0.29, 0.717) is 11.1 Å². The molecule has 3 rings (SSSR count). The summed E-state index contributed by atoms with van der Waals surface area (Å²) in [5.41, 5.74) is 0.902. The molecule has 0 unspecified atom stereocenters. The van der Waals surface area contributed by atoms with Crippen LogP contribution in [0.4, 0.5) is 0 Å². The van der Waals surface area contributed by atoms with E-state index in [1.807, 2.05) is 12.1 Å². The minimum atomic E-state index is -0.601. The Morgan fingerprint density at radius 2 is 1.42 bits per heavy atom. The van der Waals surface area contributed by atoms with Crippen molar-refractivity contribution in [3.63, 3.8) is 0 Å². The molecule has 136 valence electrons. The lowest BCUT2D eigenvalue weighted by Gasteiger charge is -2.20. The molecule has 1 fully saturated rings. The molecule has 1 saturated heterocycles. The summed E-state index contributed by atoms with van der Waals surface area (Å²) in [6, 6.07) is 17.4. The summed E-state index contributed by atoms with van der Waals surface area (Å²) in [6.07, 6.45) is -1.18. The van der Waals surface area contributed by atoms with Gasteiger partial charge in [-0.1, -0.05) is 68.3 Å². The Bertz CT molecular complexity index is 753. The molecule has 0 aromatic heterocycles. The van der Waals surface area contributed by atoms with Gasteiger partial charge in [-0.2, -0.15) is 0 Å². The van der Waals surface area contributed by atoms with Crippen molar-refractivity contribution in [1.29, 1.82) is 0 Å². The number of ether oxygens (including phenoxy) is 3. The molecule has 26 heavy (non-hydrogen) atoms. The van der Waals surface area contributed by atoms with Gasteiger partial charge in [0.1, 0.15) is 23.8 Å². The lowest BCUT2D eigenvalue weighted by Crippen LogP contribution is -2.36. The highest BCUT2D eigenvalue weighted by Crippen LogP contribution is 2.33. The molecule has 0 radical (unpaired) electrons. The maximum Gasteiger partial charge on any atom is 0.338 e. The number of carbonyl (C=O) groups is 2. The quantitative estimate of drug-likeness (QED) is 0.476. The second kappa shape index (κ2) is 8.79. The van der Waals surface area contributed by atoms with Crippen molar-refractivity contribution in [3.05, 3.63) is 71.8 Å². The molecule has 0 saturated carbocycles. The predicted octanol–water partition coefficient (Wildman–Crippen LogP) is 3.95. The van der Waals surface area contributed by atoms with Gasteiger partial charge in [-0.15, -0.1) is 0 Å². The SMILES string of the molecule is O=C(OC[C@@H]1O[C@@H](Br)[C@H](Br)[C@H]1OC(=O)c1ccccc1)c1ccccc1. The molecule has 2 aromatic carbocycles. The molecule has 2 aromatic rings. The van der Waals surface area contributed by atoms with E-state index in [-0.39, 0.29) is 16.4 Å². The Labute approximate surface area is 167 Å². The largest absolute Gasteiger partial charge is 0.459 e. The van der Waals surface area contributed by atoms with Gasteiger partial charge in [0.15, 0.2) is 0 Å². The molecule has 0 spiro atoms. The van der Waals surface area contributed by atoms with Crippen LogP contribution in [0, 0.1) is 0 Å². The molecule has 1 aliphatic heterocycles. The van der Waals surface area contributed by atoms with Gasteiger partial charge >= 0.3 is 11.9 Å². The summed E-state index contributed by atoms with van der Waals surface area (Å²) in [5.74, 6) is -0.906. The molecule has 0 aliphatic carbocycles. The number of hydrogen-bond donors (Lipinski definition) is 0. The lowest BCUT2D eigenvalue weighted by molar-refractivity contribution is -0.0306. The van der Waals surface area contributed by atoms with E-state index in [0.717, 1.165) is 0 Å². The van der Waals surface area contributed by atoms with Gasteiger partial charge in [0.05, 0.1) is 16.0 Å². The fourth-order valence-electron chi connectivity index (χ4n) is 2.53. The molecule has 4 atom stereocenters. The van der Waals surface area contributed by atoms with Gasteiger partial charge in [-0.25, -0.2) is 9.59 Å². The molecular formula is C19H16Br2O5. The zero-order chi connectivity index (χ0) is 18.5. The van der Waals surface area contributed by atoms with Crippen molar-refractivity contribution < 1.29 is 23.8 Å². The molecular weight excluding hydrogens is 468 g/mol. The summed E-state index contributed by atoms with van der Waals surface area (Å²) in [7, 11) is 0. The molecule has 7 heteroatoms. The number of rotatable bonds is 5. The first-order chi connectivity index (χ1) is 12.6. The minimum Gasteiger partial charge on any atom is -0.459 e. The number of hydrogen-bond acceptors (Lipinski definition) is 5. The highest BCUT2D eigenvalue weighted by Gasteiger charge is 2.45. The molecule has 0 N–H and O–H groups in total. The van der Waals surface area contributed by atoms with E-state index in [4.69, 9.17) is 14.2 Å². The minimum absolute atomic E-state index is 0.0232. The smallest absolute Gasteiger partial charge is 0.338 e. The van der Waals surface area contributed by atoms with Crippen molar-refractivity contribution in [2.24, 2.45) is 0 Å². The number of carbonyl (C=O) groups excluding carboxylic acids is 2. The Morgan fingerprint density at radius 3 is 2.00 bits per heavy atom. The first kappa shape index (κ1) is 19.1. The van der Waals surface area contributed by atoms with Crippen LogP contribution in [0.1, 0.15) is 20.7 Å². The van der Waals surface area contributed by atoms with Crippen LogP contribution >= 0.6 is 31.9 Å². The summed E-state index contributed by atoms with van der Waals surface area (Å²) in [5, 5.41) is -0.364. The van der Waals surface area contributed by atoms with Crippen molar-refractivity contribution in [3.8, 4) is 0 Å². The first-order valence-electron chi connectivity index (χ1n) is 7.98. The van der Waals surface area contributed by atoms with Crippen molar-refractivity contribution in [1.82, 2.24) is 0 Å². The van der Waals surface area contributed by atoms with E-state index >= 15 is 0 Å². The van der Waals surface area contributed by atoms with Gasteiger partial charge in [-0.05, 0) is 24.3 Å². The number of halogens is 2. The third-order valence-corrected chi connectivity index (χ3v) is 6.37. The standard InChI is InChI=1S/C19H16Br2O5/c20-15-16(26-19(23)13-9-5-2-6-10-13)14(25-17(15)21)11-24-18(22)12-7-3-1-4-8-12/h1-10,14-17H,11H2/t14-,15+,16-,17+/m0/s1. The maximum atomic E-state index is 12.3. The molecule has 1 aliphatic rings. The molecule has 5 nitrogen and oxygen atoms in total. The second-order valence-corrected chi connectivity index (χ2v) is 7.63. The molecule has 0 amide bonds. The Morgan fingerprint density at radius 1 is 0.885 bits per heavy atom. The summed E-state index contributed by atoms with van der Waals surface area (Å²) in [4.78, 5) is 24.2. The van der Waals surface area contributed by atoms with Crippen LogP contribution in [0.5, 0.6) is 0 Å². The fraction of sp³-hybridized carbons (Fsp3) is 0.263. The Kier molecular flexibility index (Phi) is 6.45. The molecule has 1 heterocycles. The van der Waals surface area contributed by atoms with Crippen LogP contribution in [0.2, 0.25) is 0 Å². The first-order valence-corrected chi connectivity index (χ1v) is 9.81. The van der Waals surface area contributed by atoms with E-state index in [1.165, 1.54) is 0 Å². The zero-order valence-corrected chi connectivity index (χ0v) is 16.8. The number of esters is 2. The van der Waals surface area contributed by atoms with Crippen molar-refractivity contribution in [2.45, 2.75) is 22.0 Å². The van der Waals surface area contributed by atoms with E-state index in [9.17, 15) is 9.59 Å². The monoisotopic (exact) mass is 482 g/mol. The predicted molar refractivity (Wildman–Crippen MR) is 103 cm³/mol. The van der Waals surface area contributed by atoms with Crippen molar-refractivity contribution >= 4 is 43.8 Å². The average Bonchev–Trinajstić information content (AvgIpc) is 2.95. The van der Waals surface area contributed by atoms with Gasteiger partial charge in [0.2, 0.25) is 0 Å². The van der Waals surface area contributed by atoms with Crippen LogP contribution in [-0.2, 0) is 14.2 Å². The summed E-state index contributed by atoms with van der Waals surface area (Å²) >= 11 is 6.86. The van der Waals surface area contributed by atoms with Crippen LogP contribution in [0.25, 0.3) is 0 Å². The zero-order valence-electron chi connectivity index (χ0n) is 13.6. The normalized spacial score (nSPS) is 24.8. The van der Waals surface area contributed by atoms with Gasteiger partial charge in [0, 0.05) is 0 Å². The molecule has 0 bridgehead atoms. The van der Waals surface area contributed by atoms with Crippen LogP contribution in [-0.4, -0.2) is 40.6 Å². The van der Waals surface area contributed by atoms with Gasteiger partial charge < -0.3 is 14.2 Å². The third-order valence-electron chi connectivity index (χ3n) is 3.88. The van der Waals surface area contributed by atoms with Gasteiger partial charge in [0.25, 0.3) is 0 Å². The Balaban J connectivity index is 1.63. The maximum absolute atomic E-state index is 12.3. The van der Waals surface area contributed by atoms with Crippen LogP contribution < -0.4 is 0 Å². The fourth-order valence-corrected chi connectivity index (χ4v) is 3.68.